The number of halogens is 1. The highest BCUT2D eigenvalue weighted by Gasteiger charge is 2.46. The van der Waals surface area contributed by atoms with Gasteiger partial charge in [0.25, 0.3) is 5.56 Å². The van der Waals surface area contributed by atoms with Crippen molar-refractivity contribution in [1.82, 2.24) is 25.1 Å². The van der Waals surface area contributed by atoms with E-state index in [1.54, 1.807) is 58.0 Å². The third kappa shape index (κ3) is 9.90. The molecule has 3 aliphatic rings. The number of amides is 4. The lowest BCUT2D eigenvalue weighted by Gasteiger charge is -2.31. The van der Waals surface area contributed by atoms with Gasteiger partial charge < -0.3 is 45.6 Å². The lowest BCUT2D eigenvalue weighted by molar-refractivity contribution is -0.172. The molecule has 0 fully saturated rings. The summed E-state index contributed by atoms with van der Waals surface area (Å²) in [7, 11) is -3.54. The fourth-order valence-corrected chi connectivity index (χ4v) is 9.07. The quantitative estimate of drug-likeness (QED) is 0.0704. The summed E-state index contributed by atoms with van der Waals surface area (Å²) in [4.78, 5) is 84.4. The number of hydrogen-bond donors (Lipinski definition) is 5. The van der Waals surface area contributed by atoms with Crippen molar-refractivity contribution in [3.05, 3.63) is 91.5 Å². The second kappa shape index (κ2) is 19.1. The normalized spacial score (nSPS) is 18.0. The number of nitrogens with one attached hydrogen (secondary N) is 3. The summed E-state index contributed by atoms with van der Waals surface area (Å²) in [5.41, 5.74) is 7.88. The molecule has 0 spiro atoms. The minimum atomic E-state index is -3.54. The van der Waals surface area contributed by atoms with E-state index in [4.69, 9.17) is 24.9 Å². The molecule has 0 saturated heterocycles. The SMILES string of the molecule is CC[C@@]1(O)C(=O)OCc2c1cc1n(c2=O)Cc2c-1nc1cc(F)c(C)c3c1c2[C@@H](NC(=O)COCN(CCS(C)(=O)=O)C(=O)OCc1ccc(NC(=O)[C@H](C)NC(=O)[C@@H](N)C(C)C)cc1)CC3. The Balaban J connectivity index is 1.03. The van der Waals surface area contributed by atoms with Crippen molar-refractivity contribution < 1.29 is 56.1 Å². The van der Waals surface area contributed by atoms with Crippen LogP contribution in [0.1, 0.15) is 85.5 Å². The van der Waals surface area contributed by atoms with Gasteiger partial charge in [-0.05, 0) is 79.5 Å². The molecule has 4 amide bonds. The van der Waals surface area contributed by atoms with E-state index in [-0.39, 0.29) is 49.8 Å². The molecule has 4 heterocycles. The molecule has 2 aromatic carbocycles. The molecule has 2 aromatic heterocycles. The second-order valence-electron chi connectivity index (χ2n) is 17.6. The summed E-state index contributed by atoms with van der Waals surface area (Å²) >= 11 is 0. The van der Waals surface area contributed by atoms with E-state index >= 15 is 4.39 Å². The van der Waals surface area contributed by atoms with E-state index < -0.39 is 93.8 Å². The number of carbonyl (C=O) groups is 5. The lowest BCUT2D eigenvalue weighted by atomic mass is 9.81. The number of cyclic esters (lactones) is 1. The Morgan fingerprint density at radius 3 is 2.48 bits per heavy atom. The van der Waals surface area contributed by atoms with Crippen LogP contribution in [0, 0.1) is 18.7 Å². The third-order valence-electron chi connectivity index (χ3n) is 12.5. The van der Waals surface area contributed by atoms with E-state index in [0.717, 1.165) is 11.2 Å². The molecule has 358 valence electrons. The van der Waals surface area contributed by atoms with Gasteiger partial charge in [-0.3, -0.25) is 24.1 Å². The fourth-order valence-electron chi connectivity index (χ4n) is 8.52. The molecule has 0 bridgehead atoms. The molecular formula is C46H54FN7O12S. The Kier molecular flexibility index (Phi) is 13.9. The fraction of sp³-hybridized carbons (Fsp3) is 0.457. The number of esters is 1. The summed E-state index contributed by atoms with van der Waals surface area (Å²) in [6, 6.07) is 6.92. The Hall–Kier alpha value is -6.29. The summed E-state index contributed by atoms with van der Waals surface area (Å²) in [5, 5.41) is 20.3. The van der Waals surface area contributed by atoms with Crippen molar-refractivity contribution >= 4 is 56.2 Å². The molecule has 7 rings (SSSR count). The van der Waals surface area contributed by atoms with E-state index in [1.807, 2.05) is 0 Å². The van der Waals surface area contributed by atoms with Gasteiger partial charge in [0.1, 0.15) is 48.2 Å². The molecule has 19 nitrogen and oxygen atoms in total. The number of anilines is 1. The molecule has 0 saturated carbocycles. The van der Waals surface area contributed by atoms with Crippen molar-refractivity contribution in [1.29, 1.82) is 0 Å². The molecule has 21 heteroatoms. The summed E-state index contributed by atoms with van der Waals surface area (Å²) in [6.07, 6.45) is 0.772. The first-order valence-corrected chi connectivity index (χ1v) is 23.9. The molecule has 4 atom stereocenters. The van der Waals surface area contributed by atoms with Crippen molar-refractivity contribution in [2.24, 2.45) is 11.7 Å². The number of aliphatic hydroxyl groups is 1. The van der Waals surface area contributed by atoms with Crippen molar-refractivity contribution in [2.75, 3.05) is 37.2 Å². The third-order valence-corrected chi connectivity index (χ3v) is 13.5. The number of nitrogens with zero attached hydrogens (tertiary/aromatic N) is 3. The molecule has 4 aromatic rings. The molecule has 1 aliphatic carbocycles. The molecule has 0 unspecified atom stereocenters. The number of hydrogen-bond acceptors (Lipinski definition) is 14. The van der Waals surface area contributed by atoms with Gasteiger partial charge in [-0.15, -0.1) is 0 Å². The molecule has 2 aliphatic heterocycles. The first-order chi connectivity index (χ1) is 31.6. The van der Waals surface area contributed by atoms with Gasteiger partial charge in [0.05, 0.1) is 46.8 Å². The monoisotopic (exact) mass is 947 g/mol. The van der Waals surface area contributed by atoms with Gasteiger partial charge in [0.15, 0.2) is 5.60 Å². The number of sulfone groups is 1. The minimum absolute atomic E-state index is 0.0409. The van der Waals surface area contributed by atoms with Crippen molar-refractivity contribution in [2.45, 2.75) is 97.4 Å². The topological polar surface area (TPSA) is 268 Å². The van der Waals surface area contributed by atoms with Crippen molar-refractivity contribution in [3.8, 4) is 11.4 Å². The Labute approximate surface area is 385 Å². The number of rotatable bonds is 16. The van der Waals surface area contributed by atoms with Crippen LogP contribution in [0.5, 0.6) is 0 Å². The summed E-state index contributed by atoms with van der Waals surface area (Å²) in [5.74, 6) is -3.39. The smallest absolute Gasteiger partial charge is 0.411 e. The maximum Gasteiger partial charge on any atom is 0.411 e. The van der Waals surface area contributed by atoms with E-state index in [1.165, 1.54) is 17.6 Å². The van der Waals surface area contributed by atoms with Gasteiger partial charge in [0.2, 0.25) is 17.7 Å². The second-order valence-corrected chi connectivity index (χ2v) is 19.8. The first-order valence-electron chi connectivity index (χ1n) is 21.9. The first kappa shape index (κ1) is 48.6. The molecule has 6 N–H and O–H groups in total. The maximum absolute atomic E-state index is 15.4. The van der Waals surface area contributed by atoms with E-state index in [0.29, 0.717) is 68.6 Å². The van der Waals surface area contributed by atoms with Gasteiger partial charge in [-0.1, -0.05) is 32.9 Å². The number of benzene rings is 2. The highest BCUT2D eigenvalue weighted by molar-refractivity contribution is 7.90. The largest absolute Gasteiger partial charge is 0.458 e. The van der Waals surface area contributed by atoms with E-state index in [2.05, 4.69) is 16.0 Å². The number of ether oxygens (including phenoxy) is 3. The van der Waals surface area contributed by atoms with Gasteiger partial charge >= 0.3 is 12.1 Å². The number of pyridine rings is 2. The predicted octanol–water partition coefficient (Wildman–Crippen LogP) is 2.71. The van der Waals surface area contributed by atoms with Gasteiger partial charge in [-0.2, -0.15) is 0 Å². The van der Waals surface area contributed by atoms with Crippen LogP contribution in [0.4, 0.5) is 14.9 Å². The number of aromatic nitrogens is 2. The van der Waals surface area contributed by atoms with Crippen molar-refractivity contribution in [3.63, 3.8) is 0 Å². The highest BCUT2D eigenvalue weighted by Crippen LogP contribution is 2.46. The summed E-state index contributed by atoms with van der Waals surface area (Å²) < 4.78 is 57.4. The Bertz CT molecular complexity index is 2850. The molecule has 0 radical (unpaired) electrons. The van der Waals surface area contributed by atoms with Crippen LogP contribution >= 0.6 is 0 Å². The zero-order valence-electron chi connectivity index (χ0n) is 38.0. The standard InChI is InChI=1S/C46H54FN7O12S/c1-7-46(61)31-16-35-40-29(18-54(35)43(58)30(31)20-65-44(46)59)38-33(13-12-28-24(4)32(47)17-34(52-40)37(28)38)51-36(55)21-64-22-53(14-15-67(6,62)63)45(60)66-19-26-8-10-27(11-9-26)50-41(56)25(5)49-42(57)39(48)23(2)3/h8-11,16-17,23,25,33,39,61H,7,12-15,18-22,48H2,1-6H3,(H,49,57)(H,50,56)(H,51,55)/t25-,33-,39-,46-/m0/s1. The van der Waals surface area contributed by atoms with Gasteiger partial charge in [0, 0.05) is 41.1 Å². The Morgan fingerprint density at radius 2 is 1.81 bits per heavy atom. The van der Waals surface area contributed by atoms with Crippen LogP contribution in [-0.4, -0.2) is 102 Å². The zero-order chi connectivity index (χ0) is 48.7. The average molecular weight is 948 g/mol. The van der Waals surface area contributed by atoms with Crippen LogP contribution < -0.4 is 27.2 Å². The highest BCUT2D eigenvalue weighted by atomic mass is 32.2. The van der Waals surface area contributed by atoms with Gasteiger partial charge in [-0.25, -0.2) is 27.4 Å². The summed E-state index contributed by atoms with van der Waals surface area (Å²) in [6.45, 7) is 6.49. The zero-order valence-corrected chi connectivity index (χ0v) is 38.8. The molecule has 67 heavy (non-hydrogen) atoms. The predicted molar refractivity (Wildman–Crippen MR) is 241 cm³/mol. The van der Waals surface area contributed by atoms with Crippen LogP contribution in [0.25, 0.3) is 22.3 Å². The number of carbonyl (C=O) groups excluding carboxylic acids is 5. The van der Waals surface area contributed by atoms with Crippen LogP contribution in [0.15, 0.2) is 41.2 Å². The van der Waals surface area contributed by atoms with Crippen LogP contribution in [0.2, 0.25) is 0 Å². The van der Waals surface area contributed by atoms with Crippen LogP contribution in [-0.2, 0) is 75.0 Å². The Morgan fingerprint density at radius 1 is 1.09 bits per heavy atom. The number of nitrogens with two attached hydrogens (primary N) is 1. The lowest BCUT2D eigenvalue weighted by Crippen LogP contribution is -2.50. The maximum atomic E-state index is 15.4. The molecular weight excluding hydrogens is 894 g/mol. The number of fused-ring (bicyclic) bond motifs is 5. The number of aryl methyl sites for hydroxylation is 1. The van der Waals surface area contributed by atoms with Crippen LogP contribution in [0.3, 0.4) is 0 Å². The van der Waals surface area contributed by atoms with E-state index in [9.17, 15) is 42.3 Å². The average Bonchev–Trinajstić information content (AvgIpc) is 3.65. The minimum Gasteiger partial charge on any atom is -0.458 e.